The maximum absolute atomic E-state index is 12.5. The van der Waals surface area contributed by atoms with Gasteiger partial charge in [0.2, 0.25) is 0 Å². The minimum Gasteiger partial charge on any atom is -0.495 e. The summed E-state index contributed by atoms with van der Waals surface area (Å²) >= 11 is 0. The van der Waals surface area contributed by atoms with E-state index < -0.39 is 11.7 Å². The van der Waals surface area contributed by atoms with Gasteiger partial charge in [0.05, 0.1) is 18.4 Å². The maximum Gasteiger partial charge on any atom is 0.416 e. The lowest BCUT2D eigenvalue weighted by atomic mass is 9.98. The molecule has 0 bridgehead atoms. The number of aryl methyl sites for hydroxylation is 1. The number of anilines is 1. The smallest absolute Gasteiger partial charge is 0.416 e. The Morgan fingerprint density at radius 3 is 2.15 bits per heavy atom. The van der Waals surface area contributed by atoms with Gasteiger partial charge < -0.3 is 10.5 Å². The molecule has 0 spiro atoms. The predicted octanol–water partition coefficient (Wildman–Crippen LogP) is 4.27. The molecular weight excluding hydrogens is 267 g/mol. The Morgan fingerprint density at radius 2 is 1.65 bits per heavy atom. The van der Waals surface area contributed by atoms with Gasteiger partial charge in [-0.25, -0.2) is 0 Å². The van der Waals surface area contributed by atoms with E-state index in [4.69, 9.17) is 10.5 Å². The second kappa shape index (κ2) is 5.07. The highest BCUT2D eigenvalue weighted by molar-refractivity contribution is 5.73. The van der Waals surface area contributed by atoms with Crippen LogP contribution in [0.2, 0.25) is 0 Å². The molecule has 0 saturated heterocycles. The van der Waals surface area contributed by atoms with E-state index in [-0.39, 0.29) is 0 Å². The molecule has 0 unspecified atom stereocenters. The molecule has 0 amide bonds. The molecule has 0 aliphatic rings. The van der Waals surface area contributed by atoms with Crippen molar-refractivity contribution in [2.24, 2.45) is 0 Å². The van der Waals surface area contributed by atoms with Gasteiger partial charge in [0.15, 0.2) is 0 Å². The van der Waals surface area contributed by atoms with Crippen LogP contribution in [0.5, 0.6) is 5.75 Å². The first-order valence-corrected chi connectivity index (χ1v) is 5.94. The van der Waals surface area contributed by atoms with Gasteiger partial charge in [-0.05, 0) is 47.9 Å². The van der Waals surface area contributed by atoms with E-state index >= 15 is 0 Å². The Labute approximate surface area is 115 Å². The summed E-state index contributed by atoms with van der Waals surface area (Å²) < 4.78 is 42.7. The molecule has 2 aromatic rings. The van der Waals surface area contributed by atoms with Crippen molar-refractivity contribution in [3.63, 3.8) is 0 Å². The summed E-state index contributed by atoms with van der Waals surface area (Å²) in [7, 11) is 1.50. The van der Waals surface area contributed by atoms with Crippen molar-refractivity contribution in [3.8, 4) is 16.9 Å². The fourth-order valence-corrected chi connectivity index (χ4v) is 2.04. The zero-order valence-electron chi connectivity index (χ0n) is 11.1. The van der Waals surface area contributed by atoms with Crippen molar-refractivity contribution in [1.82, 2.24) is 0 Å². The van der Waals surface area contributed by atoms with Crippen LogP contribution in [0.1, 0.15) is 11.1 Å². The molecular formula is C15H14F3NO. The monoisotopic (exact) mass is 281 g/mol. The van der Waals surface area contributed by atoms with Gasteiger partial charge in [0.1, 0.15) is 5.75 Å². The van der Waals surface area contributed by atoms with Crippen molar-refractivity contribution in [3.05, 3.63) is 47.5 Å². The lowest BCUT2D eigenvalue weighted by Crippen LogP contribution is -2.04. The number of nitrogen functional groups attached to an aromatic ring is 1. The Hall–Kier alpha value is -2.17. The van der Waals surface area contributed by atoms with Crippen molar-refractivity contribution in [2.75, 3.05) is 12.8 Å². The number of hydrogen-bond acceptors (Lipinski definition) is 2. The van der Waals surface area contributed by atoms with Crippen LogP contribution in [0.25, 0.3) is 11.1 Å². The molecule has 2 aromatic carbocycles. The molecule has 2 rings (SSSR count). The van der Waals surface area contributed by atoms with E-state index in [1.54, 1.807) is 12.1 Å². The number of rotatable bonds is 2. The fraction of sp³-hybridized carbons (Fsp3) is 0.200. The summed E-state index contributed by atoms with van der Waals surface area (Å²) in [5.74, 6) is 0.505. The molecule has 0 saturated carbocycles. The zero-order valence-corrected chi connectivity index (χ0v) is 11.1. The first kappa shape index (κ1) is 14.2. The molecule has 0 heterocycles. The second-order valence-corrected chi connectivity index (χ2v) is 4.48. The Bertz CT molecular complexity index is 618. The van der Waals surface area contributed by atoms with Gasteiger partial charge in [0.25, 0.3) is 0 Å². The molecule has 2 nitrogen and oxygen atoms in total. The highest BCUT2D eigenvalue weighted by Gasteiger charge is 2.30. The molecule has 20 heavy (non-hydrogen) atoms. The van der Waals surface area contributed by atoms with E-state index in [0.717, 1.165) is 23.3 Å². The minimum atomic E-state index is -4.33. The summed E-state index contributed by atoms with van der Waals surface area (Å²) in [6, 6.07) is 8.50. The molecule has 0 aliphatic heterocycles. The molecule has 2 N–H and O–H groups in total. The molecule has 0 aliphatic carbocycles. The third-order valence-electron chi connectivity index (χ3n) is 3.10. The van der Waals surface area contributed by atoms with Gasteiger partial charge in [-0.15, -0.1) is 0 Å². The highest BCUT2D eigenvalue weighted by Crippen LogP contribution is 2.34. The van der Waals surface area contributed by atoms with Crippen molar-refractivity contribution < 1.29 is 17.9 Å². The van der Waals surface area contributed by atoms with Gasteiger partial charge in [-0.1, -0.05) is 12.1 Å². The molecule has 0 aromatic heterocycles. The van der Waals surface area contributed by atoms with Crippen LogP contribution in [0, 0.1) is 6.92 Å². The van der Waals surface area contributed by atoms with Gasteiger partial charge >= 0.3 is 6.18 Å². The van der Waals surface area contributed by atoms with Crippen molar-refractivity contribution >= 4 is 5.69 Å². The van der Waals surface area contributed by atoms with E-state index in [1.165, 1.54) is 19.2 Å². The van der Waals surface area contributed by atoms with E-state index in [9.17, 15) is 13.2 Å². The minimum absolute atomic E-state index is 0.501. The number of alkyl halides is 3. The quantitative estimate of drug-likeness (QED) is 0.834. The van der Waals surface area contributed by atoms with Crippen LogP contribution >= 0.6 is 0 Å². The van der Waals surface area contributed by atoms with Crippen LogP contribution in [0.15, 0.2) is 36.4 Å². The van der Waals surface area contributed by atoms with Gasteiger partial charge in [-0.3, -0.25) is 0 Å². The summed E-state index contributed by atoms with van der Waals surface area (Å²) in [4.78, 5) is 0. The summed E-state index contributed by atoms with van der Waals surface area (Å²) in [5, 5.41) is 0. The average Bonchev–Trinajstić information content (AvgIpc) is 2.38. The van der Waals surface area contributed by atoms with Gasteiger partial charge in [0, 0.05) is 0 Å². The fourth-order valence-electron chi connectivity index (χ4n) is 2.04. The third kappa shape index (κ3) is 2.71. The Morgan fingerprint density at radius 1 is 1.05 bits per heavy atom. The van der Waals surface area contributed by atoms with Crippen LogP contribution in [-0.4, -0.2) is 7.11 Å². The third-order valence-corrected chi connectivity index (χ3v) is 3.10. The second-order valence-electron chi connectivity index (χ2n) is 4.48. The molecule has 0 atom stereocenters. The van der Waals surface area contributed by atoms with Gasteiger partial charge in [-0.2, -0.15) is 13.2 Å². The number of ether oxygens (including phenoxy) is 1. The highest BCUT2D eigenvalue weighted by atomic mass is 19.4. The molecule has 0 radical (unpaired) electrons. The van der Waals surface area contributed by atoms with E-state index in [1.807, 2.05) is 6.92 Å². The topological polar surface area (TPSA) is 35.2 Å². The summed E-state index contributed by atoms with van der Waals surface area (Å²) in [6.45, 7) is 1.85. The number of benzene rings is 2. The Balaban J connectivity index is 2.47. The number of halogens is 3. The molecule has 0 fully saturated rings. The predicted molar refractivity (Wildman–Crippen MR) is 72.6 cm³/mol. The number of nitrogens with two attached hydrogens (primary N) is 1. The van der Waals surface area contributed by atoms with E-state index in [0.29, 0.717) is 17.0 Å². The van der Waals surface area contributed by atoms with Crippen LogP contribution in [0.3, 0.4) is 0 Å². The normalized spacial score (nSPS) is 11.4. The average molecular weight is 281 g/mol. The maximum atomic E-state index is 12.5. The summed E-state index contributed by atoms with van der Waals surface area (Å²) in [6.07, 6.45) is -4.33. The first-order valence-electron chi connectivity index (χ1n) is 5.94. The summed E-state index contributed by atoms with van der Waals surface area (Å²) in [5.41, 5.74) is 7.98. The van der Waals surface area contributed by atoms with Crippen molar-refractivity contribution in [2.45, 2.75) is 13.1 Å². The van der Waals surface area contributed by atoms with Crippen LogP contribution < -0.4 is 10.5 Å². The SMILES string of the molecule is COc1cc(-c2ccc(C(F)(F)F)cc2)c(C)cc1N. The van der Waals surface area contributed by atoms with Crippen molar-refractivity contribution in [1.29, 1.82) is 0 Å². The largest absolute Gasteiger partial charge is 0.495 e. The lowest BCUT2D eigenvalue weighted by Gasteiger charge is -2.12. The first-order chi connectivity index (χ1) is 9.32. The number of methoxy groups -OCH3 is 1. The van der Waals surface area contributed by atoms with E-state index in [2.05, 4.69) is 0 Å². The van der Waals surface area contributed by atoms with Crippen LogP contribution in [0.4, 0.5) is 18.9 Å². The lowest BCUT2D eigenvalue weighted by molar-refractivity contribution is -0.137. The molecule has 5 heteroatoms. The Kier molecular flexibility index (Phi) is 3.61. The van der Waals surface area contributed by atoms with Crippen LogP contribution in [-0.2, 0) is 6.18 Å². The molecule has 106 valence electrons. The number of hydrogen-bond donors (Lipinski definition) is 1. The zero-order chi connectivity index (χ0) is 14.9. The standard InChI is InChI=1S/C15H14F3NO/c1-9-7-13(19)14(20-2)8-12(9)10-3-5-11(6-4-10)15(16,17)18/h3-8H,19H2,1-2H3.